The Labute approximate surface area is 154 Å². The molecular formula is C19H24ClN3O2. The van der Waals surface area contributed by atoms with Crippen molar-refractivity contribution in [2.24, 2.45) is 0 Å². The fourth-order valence-electron chi connectivity index (χ4n) is 3.38. The molecule has 1 saturated heterocycles. The summed E-state index contributed by atoms with van der Waals surface area (Å²) in [5.41, 5.74) is 1.18. The molecule has 3 heterocycles. The van der Waals surface area contributed by atoms with Crippen LogP contribution in [0.5, 0.6) is 11.5 Å². The molecule has 4 rings (SSSR count). The molecule has 25 heavy (non-hydrogen) atoms. The van der Waals surface area contributed by atoms with E-state index in [2.05, 4.69) is 27.3 Å². The van der Waals surface area contributed by atoms with Gasteiger partial charge in [0.15, 0.2) is 11.5 Å². The van der Waals surface area contributed by atoms with Crippen LogP contribution in [0.2, 0.25) is 0 Å². The van der Waals surface area contributed by atoms with Crippen LogP contribution < -0.4 is 19.7 Å². The van der Waals surface area contributed by atoms with E-state index in [9.17, 15) is 0 Å². The van der Waals surface area contributed by atoms with Gasteiger partial charge in [-0.25, -0.2) is 4.98 Å². The minimum atomic E-state index is 0. The fraction of sp³-hybridized carbons (Fsp3) is 0.421. The highest BCUT2D eigenvalue weighted by molar-refractivity contribution is 5.85. The van der Waals surface area contributed by atoms with E-state index in [-0.39, 0.29) is 12.4 Å². The smallest absolute Gasteiger partial charge is 0.165 e. The zero-order valence-corrected chi connectivity index (χ0v) is 15.0. The highest BCUT2D eigenvalue weighted by Crippen LogP contribution is 2.33. The second kappa shape index (κ2) is 8.41. The minimum Gasteiger partial charge on any atom is -0.486 e. The van der Waals surface area contributed by atoms with E-state index in [1.165, 1.54) is 5.56 Å². The van der Waals surface area contributed by atoms with Gasteiger partial charge in [-0.05, 0) is 31.0 Å². The number of aromatic nitrogens is 1. The number of halogens is 1. The molecule has 1 aromatic carbocycles. The van der Waals surface area contributed by atoms with Gasteiger partial charge >= 0.3 is 0 Å². The number of para-hydroxylation sites is 1. The van der Waals surface area contributed by atoms with Gasteiger partial charge in [-0.2, -0.15) is 0 Å². The first-order valence-corrected chi connectivity index (χ1v) is 8.67. The Hall–Kier alpha value is -1.98. The number of piperidine rings is 1. The molecule has 0 amide bonds. The predicted octanol–water partition coefficient (Wildman–Crippen LogP) is 3.03. The van der Waals surface area contributed by atoms with Crippen molar-refractivity contribution >= 4 is 18.2 Å². The van der Waals surface area contributed by atoms with Gasteiger partial charge in [0.05, 0.1) is 0 Å². The molecule has 0 unspecified atom stereocenters. The van der Waals surface area contributed by atoms with Crippen LogP contribution in [0, 0.1) is 0 Å². The number of benzene rings is 1. The second-order valence-corrected chi connectivity index (χ2v) is 6.27. The molecular weight excluding hydrogens is 338 g/mol. The Balaban J connectivity index is 0.00000182. The van der Waals surface area contributed by atoms with E-state index < -0.39 is 0 Å². The van der Waals surface area contributed by atoms with Crippen LogP contribution in [0.25, 0.3) is 0 Å². The van der Waals surface area contributed by atoms with E-state index in [4.69, 9.17) is 9.47 Å². The lowest BCUT2D eigenvalue weighted by Gasteiger charge is -2.33. The van der Waals surface area contributed by atoms with Gasteiger partial charge in [-0.1, -0.05) is 18.2 Å². The number of anilines is 1. The molecule has 134 valence electrons. The lowest BCUT2D eigenvalue weighted by molar-refractivity contribution is 0.169. The van der Waals surface area contributed by atoms with Crippen molar-refractivity contribution in [1.29, 1.82) is 0 Å². The number of ether oxygens (including phenoxy) is 2. The quantitative estimate of drug-likeness (QED) is 0.907. The summed E-state index contributed by atoms with van der Waals surface area (Å²) in [7, 11) is 0. The van der Waals surface area contributed by atoms with Crippen molar-refractivity contribution in [3.63, 3.8) is 0 Å². The van der Waals surface area contributed by atoms with E-state index >= 15 is 0 Å². The highest BCUT2D eigenvalue weighted by Gasteiger charge is 2.21. The zero-order chi connectivity index (χ0) is 16.2. The maximum absolute atomic E-state index is 5.79. The number of hydrogen-bond donors (Lipinski definition) is 1. The van der Waals surface area contributed by atoms with Gasteiger partial charge < -0.3 is 19.7 Å². The van der Waals surface area contributed by atoms with E-state index in [1.807, 2.05) is 30.5 Å². The molecule has 0 spiro atoms. The highest BCUT2D eigenvalue weighted by atomic mass is 35.5. The number of pyridine rings is 1. The summed E-state index contributed by atoms with van der Waals surface area (Å²) in [6, 6.07) is 12.8. The van der Waals surface area contributed by atoms with Gasteiger partial charge in [0.25, 0.3) is 0 Å². The molecule has 5 nitrogen and oxygen atoms in total. The summed E-state index contributed by atoms with van der Waals surface area (Å²) in [5, 5.41) is 3.68. The third-order valence-electron chi connectivity index (χ3n) is 4.70. The van der Waals surface area contributed by atoms with Crippen LogP contribution in [0.3, 0.4) is 0 Å². The number of rotatable bonds is 4. The standard InChI is InChI=1S/C19H23N3O2.ClH/c1-2-9-20-18(6-1)22-10-7-16(8-11-22)21-14-15-4-3-5-17-19(15)24-13-12-23-17;/h1-6,9,16,21H,7-8,10-14H2;1H. The van der Waals surface area contributed by atoms with E-state index in [1.54, 1.807) is 0 Å². The van der Waals surface area contributed by atoms with Crippen molar-refractivity contribution in [3.05, 3.63) is 48.2 Å². The first-order valence-electron chi connectivity index (χ1n) is 8.67. The molecule has 0 atom stereocenters. The number of nitrogens with one attached hydrogen (secondary N) is 1. The Morgan fingerprint density at radius 3 is 2.68 bits per heavy atom. The zero-order valence-electron chi connectivity index (χ0n) is 14.2. The summed E-state index contributed by atoms with van der Waals surface area (Å²) in [5.74, 6) is 2.85. The lowest BCUT2D eigenvalue weighted by Crippen LogP contribution is -2.42. The molecule has 2 aliphatic rings. The normalized spacial score (nSPS) is 17.0. The SMILES string of the molecule is Cl.c1ccc(N2CCC(NCc3cccc4c3OCCO4)CC2)nc1. The van der Waals surface area contributed by atoms with Crippen molar-refractivity contribution in [2.45, 2.75) is 25.4 Å². The molecule has 2 aliphatic heterocycles. The van der Waals surface area contributed by atoms with Crippen LogP contribution in [0.4, 0.5) is 5.82 Å². The third-order valence-corrected chi connectivity index (χ3v) is 4.70. The minimum absolute atomic E-state index is 0. The fourth-order valence-corrected chi connectivity index (χ4v) is 3.38. The largest absolute Gasteiger partial charge is 0.486 e. The second-order valence-electron chi connectivity index (χ2n) is 6.27. The maximum Gasteiger partial charge on any atom is 0.165 e. The van der Waals surface area contributed by atoms with Crippen molar-refractivity contribution < 1.29 is 9.47 Å². The van der Waals surface area contributed by atoms with Crippen LogP contribution in [0.1, 0.15) is 18.4 Å². The molecule has 2 aromatic rings. The molecule has 1 aromatic heterocycles. The monoisotopic (exact) mass is 361 g/mol. The molecule has 6 heteroatoms. The van der Waals surface area contributed by atoms with Gasteiger partial charge in [0.1, 0.15) is 19.0 Å². The molecule has 0 saturated carbocycles. The Morgan fingerprint density at radius 1 is 1.04 bits per heavy atom. The van der Waals surface area contributed by atoms with Gasteiger partial charge in [-0.15, -0.1) is 12.4 Å². The average molecular weight is 362 g/mol. The predicted molar refractivity (Wildman–Crippen MR) is 101 cm³/mol. The lowest BCUT2D eigenvalue weighted by atomic mass is 10.0. The molecule has 0 radical (unpaired) electrons. The summed E-state index contributed by atoms with van der Waals surface area (Å²) in [6.45, 7) is 4.17. The summed E-state index contributed by atoms with van der Waals surface area (Å²) >= 11 is 0. The molecule has 0 aliphatic carbocycles. The first kappa shape index (κ1) is 17.8. The summed E-state index contributed by atoms with van der Waals surface area (Å²) in [4.78, 5) is 6.80. The number of nitrogens with zero attached hydrogens (tertiary/aromatic N) is 2. The molecule has 0 bridgehead atoms. The first-order chi connectivity index (χ1) is 11.9. The molecule has 1 N–H and O–H groups in total. The van der Waals surface area contributed by atoms with Crippen molar-refractivity contribution in [2.75, 3.05) is 31.2 Å². The van der Waals surface area contributed by atoms with Crippen LogP contribution in [-0.4, -0.2) is 37.3 Å². The van der Waals surface area contributed by atoms with Crippen LogP contribution in [0.15, 0.2) is 42.6 Å². The van der Waals surface area contributed by atoms with Crippen molar-refractivity contribution in [3.8, 4) is 11.5 Å². The van der Waals surface area contributed by atoms with Gasteiger partial charge in [0, 0.05) is 37.4 Å². The summed E-state index contributed by atoms with van der Waals surface area (Å²) < 4.78 is 11.4. The van der Waals surface area contributed by atoms with E-state index in [0.29, 0.717) is 19.3 Å². The number of hydrogen-bond acceptors (Lipinski definition) is 5. The van der Waals surface area contributed by atoms with Gasteiger partial charge in [-0.3, -0.25) is 0 Å². The Bertz CT molecular complexity index is 676. The van der Waals surface area contributed by atoms with Gasteiger partial charge in [0.2, 0.25) is 0 Å². The van der Waals surface area contributed by atoms with Crippen LogP contribution >= 0.6 is 12.4 Å². The Kier molecular flexibility index (Phi) is 6.00. The number of fused-ring (bicyclic) bond motifs is 1. The van der Waals surface area contributed by atoms with E-state index in [0.717, 1.165) is 49.8 Å². The summed E-state index contributed by atoms with van der Waals surface area (Å²) in [6.07, 6.45) is 4.12. The van der Waals surface area contributed by atoms with Crippen LogP contribution in [-0.2, 0) is 6.54 Å². The Morgan fingerprint density at radius 2 is 1.88 bits per heavy atom. The third kappa shape index (κ3) is 4.17. The van der Waals surface area contributed by atoms with Crippen molar-refractivity contribution in [1.82, 2.24) is 10.3 Å². The average Bonchev–Trinajstić information content (AvgIpc) is 2.67. The topological polar surface area (TPSA) is 46.6 Å². The molecule has 1 fully saturated rings. The maximum atomic E-state index is 5.79.